The Morgan fingerprint density at radius 2 is 1.89 bits per heavy atom. The molecule has 5 heteroatoms. The summed E-state index contributed by atoms with van der Waals surface area (Å²) in [6.45, 7) is 5.32. The first-order valence-electron chi connectivity index (χ1n) is 5.96. The van der Waals surface area contributed by atoms with Crippen molar-refractivity contribution < 1.29 is 24.5 Å². The zero-order valence-electron chi connectivity index (χ0n) is 11.3. The van der Waals surface area contributed by atoms with Crippen LogP contribution in [0.15, 0.2) is 18.2 Å². The van der Waals surface area contributed by atoms with Crippen LogP contribution in [0.1, 0.15) is 43.1 Å². The second-order valence-corrected chi connectivity index (χ2v) is 5.23. The van der Waals surface area contributed by atoms with Gasteiger partial charge in [-0.05, 0) is 44.9 Å². The molecule has 1 aromatic carbocycles. The molecule has 0 radical (unpaired) electrons. The predicted octanol–water partition coefficient (Wildman–Crippen LogP) is 2.36. The number of carbonyl (C=O) groups is 2. The highest BCUT2D eigenvalue weighted by atomic mass is 16.6. The molecule has 1 rings (SSSR count). The van der Waals surface area contributed by atoms with Gasteiger partial charge in [0, 0.05) is 6.42 Å². The van der Waals surface area contributed by atoms with E-state index in [2.05, 4.69) is 0 Å². The molecular weight excluding hydrogens is 248 g/mol. The van der Waals surface area contributed by atoms with Crippen molar-refractivity contribution in [2.75, 3.05) is 0 Å². The minimum absolute atomic E-state index is 0.00330. The van der Waals surface area contributed by atoms with Crippen LogP contribution in [0.3, 0.4) is 0 Å². The Hall–Kier alpha value is -2.04. The van der Waals surface area contributed by atoms with Crippen LogP contribution in [-0.2, 0) is 16.0 Å². The molecule has 0 saturated carbocycles. The Kier molecular flexibility index (Phi) is 4.53. The monoisotopic (exact) mass is 266 g/mol. The number of hydrogen-bond acceptors (Lipinski definition) is 4. The van der Waals surface area contributed by atoms with Gasteiger partial charge in [0.1, 0.15) is 11.4 Å². The molecule has 0 amide bonds. The summed E-state index contributed by atoms with van der Waals surface area (Å²) in [5.41, 5.74) is -0.0542. The molecule has 2 N–H and O–H groups in total. The third-order valence-electron chi connectivity index (χ3n) is 2.34. The zero-order chi connectivity index (χ0) is 14.6. The predicted molar refractivity (Wildman–Crippen MR) is 69.2 cm³/mol. The van der Waals surface area contributed by atoms with Gasteiger partial charge in [-0.15, -0.1) is 0 Å². The number of ether oxygens (including phenoxy) is 1. The van der Waals surface area contributed by atoms with E-state index in [4.69, 9.17) is 9.84 Å². The lowest BCUT2D eigenvalue weighted by atomic mass is 10.0. The Balaban J connectivity index is 2.73. The number of rotatable bonds is 4. The van der Waals surface area contributed by atoms with Gasteiger partial charge in [0.05, 0.1) is 5.56 Å². The normalized spacial score (nSPS) is 11.1. The topological polar surface area (TPSA) is 83.8 Å². The lowest BCUT2D eigenvalue weighted by Crippen LogP contribution is -2.24. The molecule has 0 aromatic heterocycles. The largest absolute Gasteiger partial charge is 0.508 e. The van der Waals surface area contributed by atoms with E-state index in [1.54, 1.807) is 20.8 Å². The summed E-state index contributed by atoms with van der Waals surface area (Å²) in [5, 5.41) is 18.3. The third kappa shape index (κ3) is 4.99. The highest BCUT2D eigenvalue weighted by Gasteiger charge is 2.17. The number of esters is 1. The number of benzene rings is 1. The molecule has 0 unspecified atom stereocenters. The summed E-state index contributed by atoms with van der Waals surface area (Å²) in [4.78, 5) is 22.6. The number of carboxylic acids is 1. The molecule has 0 atom stereocenters. The number of aromatic carboxylic acids is 1. The van der Waals surface area contributed by atoms with E-state index in [0.717, 1.165) is 0 Å². The van der Waals surface area contributed by atoms with Gasteiger partial charge in [-0.1, -0.05) is 6.07 Å². The van der Waals surface area contributed by atoms with Gasteiger partial charge in [0.2, 0.25) is 0 Å². The fraction of sp³-hybridized carbons (Fsp3) is 0.429. The summed E-state index contributed by atoms with van der Waals surface area (Å²) < 4.78 is 5.15. The molecule has 0 bridgehead atoms. The standard InChI is InChI=1S/C14H18O5/c1-14(2,3)19-12(16)7-5-9-4-6-10(15)8-11(9)13(17)18/h4,6,8,15H,5,7H2,1-3H3,(H,17,18). The van der Waals surface area contributed by atoms with Gasteiger partial charge in [-0.25, -0.2) is 4.79 Å². The van der Waals surface area contributed by atoms with Crippen LogP contribution in [-0.4, -0.2) is 27.8 Å². The van der Waals surface area contributed by atoms with Crippen molar-refractivity contribution in [2.45, 2.75) is 39.2 Å². The minimum Gasteiger partial charge on any atom is -0.508 e. The number of carboxylic acid groups (broad SMARTS) is 1. The molecular formula is C14H18O5. The quantitative estimate of drug-likeness (QED) is 0.817. The second-order valence-electron chi connectivity index (χ2n) is 5.23. The van der Waals surface area contributed by atoms with Gasteiger partial charge >= 0.3 is 11.9 Å². The summed E-state index contributed by atoms with van der Waals surface area (Å²) in [7, 11) is 0. The summed E-state index contributed by atoms with van der Waals surface area (Å²) in [6, 6.07) is 4.08. The molecule has 0 aliphatic rings. The number of phenolic OH excluding ortho intramolecular Hbond substituents is 1. The van der Waals surface area contributed by atoms with Crippen LogP contribution in [0.2, 0.25) is 0 Å². The first-order chi connectivity index (χ1) is 8.69. The highest BCUT2D eigenvalue weighted by Crippen LogP contribution is 2.19. The Morgan fingerprint density at radius 1 is 1.26 bits per heavy atom. The smallest absolute Gasteiger partial charge is 0.336 e. The molecule has 0 saturated heterocycles. The van der Waals surface area contributed by atoms with Crippen LogP contribution < -0.4 is 0 Å². The number of carbonyl (C=O) groups excluding carboxylic acids is 1. The maximum atomic E-state index is 11.6. The van der Waals surface area contributed by atoms with Crippen LogP contribution in [0.4, 0.5) is 0 Å². The Morgan fingerprint density at radius 3 is 2.42 bits per heavy atom. The van der Waals surface area contributed by atoms with Gasteiger partial charge in [0.15, 0.2) is 0 Å². The van der Waals surface area contributed by atoms with Crippen LogP contribution in [0.25, 0.3) is 0 Å². The van der Waals surface area contributed by atoms with E-state index < -0.39 is 11.6 Å². The molecule has 5 nitrogen and oxygen atoms in total. The summed E-state index contributed by atoms with van der Waals surface area (Å²) in [5.74, 6) is -1.62. The second kappa shape index (κ2) is 5.73. The van der Waals surface area contributed by atoms with Crippen molar-refractivity contribution in [1.29, 1.82) is 0 Å². The van der Waals surface area contributed by atoms with Crippen molar-refractivity contribution >= 4 is 11.9 Å². The maximum Gasteiger partial charge on any atom is 0.336 e. The zero-order valence-corrected chi connectivity index (χ0v) is 11.3. The molecule has 0 fully saturated rings. The molecule has 0 spiro atoms. The van der Waals surface area contributed by atoms with E-state index >= 15 is 0 Å². The van der Waals surface area contributed by atoms with E-state index in [1.807, 2.05) is 0 Å². The van der Waals surface area contributed by atoms with Crippen molar-refractivity contribution in [2.24, 2.45) is 0 Å². The molecule has 0 aliphatic carbocycles. The van der Waals surface area contributed by atoms with Crippen LogP contribution >= 0.6 is 0 Å². The fourth-order valence-corrected chi connectivity index (χ4v) is 1.61. The third-order valence-corrected chi connectivity index (χ3v) is 2.34. The fourth-order valence-electron chi connectivity index (χ4n) is 1.61. The molecule has 1 aromatic rings. The number of aryl methyl sites for hydroxylation is 1. The van der Waals surface area contributed by atoms with Gasteiger partial charge in [-0.3, -0.25) is 4.79 Å². The first kappa shape index (κ1) is 15.0. The van der Waals surface area contributed by atoms with Crippen molar-refractivity contribution in [1.82, 2.24) is 0 Å². The van der Waals surface area contributed by atoms with Crippen LogP contribution in [0, 0.1) is 0 Å². The number of phenols is 1. The molecule has 19 heavy (non-hydrogen) atoms. The maximum absolute atomic E-state index is 11.6. The van der Waals surface area contributed by atoms with E-state index in [9.17, 15) is 14.7 Å². The lowest BCUT2D eigenvalue weighted by Gasteiger charge is -2.19. The van der Waals surface area contributed by atoms with Gasteiger partial charge in [-0.2, -0.15) is 0 Å². The molecule has 0 aliphatic heterocycles. The first-order valence-corrected chi connectivity index (χ1v) is 5.96. The van der Waals surface area contributed by atoms with Crippen LogP contribution in [0.5, 0.6) is 5.75 Å². The average Bonchev–Trinajstić information content (AvgIpc) is 2.24. The van der Waals surface area contributed by atoms with Crippen molar-refractivity contribution in [3.8, 4) is 5.75 Å². The lowest BCUT2D eigenvalue weighted by molar-refractivity contribution is -0.154. The summed E-state index contributed by atoms with van der Waals surface area (Å²) >= 11 is 0. The molecule has 104 valence electrons. The van der Waals surface area contributed by atoms with Crippen molar-refractivity contribution in [3.05, 3.63) is 29.3 Å². The highest BCUT2D eigenvalue weighted by molar-refractivity contribution is 5.90. The van der Waals surface area contributed by atoms with E-state index in [0.29, 0.717) is 5.56 Å². The Bertz CT molecular complexity index is 485. The van der Waals surface area contributed by atoms with Crippen molar-refractivity contribution in [3.63, 3.8) is 0 Å². The van der Waals surface area contributed by atoms with E-state index in [-0.39, 0.29) is 30.1 Å². The average molecular weight is 266 g/mol. The number of aromatic hydroxyl groups is 1. The Labute approximate surface area is 111 Å². The van der Waals surface area contributed by atoms with Gasteiger partial charge < -0.3 is 14.9 Å². The SMILES string of the molecule is CC(C)(C)OC(=O)CCc1ccc(O)cc1C(=O)O. The molecule has 0 heterocycles. The summed E-state index contributed by atoms with van der Waals surface area (Å²) in [6.07, 6.45) is 0.360. The van der Waals surface area contributed by atoms with E-state index in [1.165, 1.54) is 18.2 Å². The van der Waals surface area contributed by atoms with Gasteiger partial charge in [0.25, 0.3) is 0 Å². The number of hydrogen-bond donors (Lipinski definition) is 2. The minimum atomic E-state index is -1.13.